The molecule has 5 nitrogen and oxygen atoms in total. The lowest BCUT2D eigenvalue weighted by Gasteiger charge is -2.35. The van der Waals surface area contributed by atoms with E-state index in [0.717, 1.165) is 56.2 Å². The average molecular weight is 320 g/mol. The first-order valence-electron chi connectivity index (χ1n) is 8.09. The van der Waals surface area contributed by atoms with Gasteiger partial charge in [0.1, 0.15) is 0 Å². The molecular formula is C16H24N4OS. The van der Waals surface area contributed by atoms with Crippen LogP contribution in [0.5, 0.6) is 0 Å². The number of amides is 1. The first-order chi connectivity index (χ1) is 10.7. The zero-order chi connectivity index (χ0) is 15.5. The number of piperidine rings is 1. The van der Waals surface area contributed by atoms with E-state index in [2.05, 4.69) is 26.7 Å². The summed E-state index contributed by atoms with van der Waals surface area (Å²) in [6.07, 6.45) is 9.04. The van der Waals surface area contributed by atoms with Gasteiger partial charge in [-0.05, 0) is 25.5 Å². The summed E-state index contributed by atoms with van der Waals surface area (Å²) in [5, 5.41) is 0.809. The maximum absolute atomic E-state index is 12.6. The fourth-order valence-corrected chi connectivity index (χ4v) is 3.90. The van der Waals surface area contributed by atoms with Gasteiger partial charge >= 0.3 is 0 Å². The Morgan fingerprint density at radius 2 is 2.05 bits per heavy atom. The van der Waals surface area contributed by atoms with E-state index in [1.807, 2.05) is 18.6 Å². The molecule has 22 heavy (non-hydrogen) atoms. The van der Waals surface area contributed by atoms with Crippen molar-refractivity contribution in [1.82, 2.24) is 19.8 Å². The van der Waals surface area contributed by atoms with E-state index >= 15 is 0 Å². The summed E-state index contributed by atoms with van der Waals surface area (Å²) in [6, 6.07) is 0.387. The second kappa shape index (κ2) is 6.96. The van der Waals surface area contributed by atoms with Crippen molar-refractivity contribution in [2.45, 2.75) is 43.9 Å². The maximum atomic E-state index is 12.6. The predicted octanol–water partition coefficient (Wildman–Crippen LogP) is 2.03. The highest BCUT2D eigenvalue weighted by Crippen LogP contribution is 2.29. The molecular weight excluding hydrogens is 296 g/mol. The molecule has 0 aromatic carbocycles. The largest absolute Gasteiger partial charge is 0.338 e. The van der Waals surface area contributed by atoms with Gasteiger partial charge in [-0.2, -0.15) is 0 Å². The van der Waals surface area contributed by atoms with E-state index in [9.17, 15) is 4.79 Å². The van der Waals surface area contributed by atoms with Crippen LogP contribution in [0, 0.1) is 5.92 Å². The van der Waals surface area contributed by atoms with Crippen LogP contribution in [0.1, 0.15) is 31.7 Å². The summed E-state index contributed by atoms with van der Waals surface area (Å²) < 4.78 is 0. The van der Waals surface area contributed by atoms with E-state index in [-0.39, 0.29) is 5.92 Å². The van der Waals surface area contributed by atoms with Crippen molar-refractivity contribution in [3.8, 4) is 0 Å². The van der Waals surface area contributed by atoms with Crippen LogP contribution in [0.15, 0.2) is 17.6 Å². The Hall–Kier alpha value is -1.14. The summed E-state index contributed by atoms with van der Waals surface area (Å²) >= 11 is 1.56. The summed E-state index contributed by atoms with van der Waals surface area (Å²) in [5.74, 6) is 0.547. The molecule has 6 heteroatoms. The topological polar surface area (TPSA) is 49.3 Å². The van der Waals surface area contributed by atoms with Gasteiger partial charge in [0.15, 0.2) is 5.16 Å². The van der Waals surface area contributed by atoms with Gasteiger partial charge in [-0.25, -0.2) is 9.97 Å². The van der Waals surface area contributed by atoms with E-state index in [0.29, 0.717) is 11.9 Å². The van der Waals surface area contributed by atoms with Crippen molar-refractivity contribution in [3.63, 3.8) is 0 Å². The summed E-state index contributed by atoms with van der Waals surface area (Å²) in [6.45, 7) is 5.74. The minimum atomic E-state index is 0.177. The number of rotatable bonds is 5. The van der Waals surface area contributed by atoms with Gasteiger partial charge in [-0.3, -0.25) is 9.69 Å². The molecule has 3 aliphatic heterocycles. The lowest BCUT2D eigenvalue weighted by molar-refractivity contribution is -0.139. The molecule has 2 atom stereocenters. The predicted molar refractivity (Wildman–Crippen MR) is 87.6 cm³/mol. The normalized spacial score (nSPS) is 25.5. The third kappa shape index (κ3) is 3.27. The molecule has 0 aliphatic carbocycles. The highest BCUT2D eigenvalue weighted by Gasteiger charge is 2.39. The minimum Gasteiger partial charge on any atom is -0.338 e. The van der Waals surface area contributed by atoms with Crippen LogP contribution >= 0.6 is 11.8 Å². The summed E-state index contributed by atoms with van der Waals surface area (Å²) in [5.41, 5.74) is 1.13. The molecule has 3 saturated heterocycles. The quantitative estimate of drug-likeness (QED) is 0.614. The van der Waals surface area contributed by atoms with Crippen LogP contribution in [0.3, 0.4) is 0 Å². The number of hydrogen-bond acceptors (Lipinski definition) is 5. The Bertz CT molecular complexity index is 521. The van der Waals surface area contributed by atoms with Crippen molar-refractivity contribution in [1.29, 1.82) is 0 Å². The molecule has 1 amide bonds. The zero-order valence-corrected chi connectivity index (χ0v) is 14.2. The van der Waals surface area contributed by atoms with Crippen LogP contribution in [-0.4, -0.2) is 57.6 Å². The standard InChI is InChI=1S/C16H24N4OS/c1-3-6-20-14-5-4-13(15(20)21)10-19(11-14)9-12-7-17-16(22-2)18-8-12/h7-8,13-14H,3-6,9-11H2,1-2H3/t13-,14+/m1/s1. The Morgan fingerprint density at radius 3 is 2.73 bits per heavy atom. The number of fused-ring (bicyclic) bond motifs is 4. The molecule has 1 aromatic rings. The molecule has 4 rings (SSSR count). The van der Waals surface area contributed by atoms with Gasteiger partial charge in [-0.1, -0.05) is 18.7 Å². The summed E-state index contributed by atoms with van der Waals surface area (Å²) in [4.78, 5) is 25.8. The van der Waals surface area contributed by atoms with Crippen LogP contribution in [0.2, 0.25) is 0 Å². The van der Waals surface area contributed by atoms with Gasteiger partial charge in [0.25, 0.3) is 0 Å². The molecule has 4 heterocycles. The fourth-order valence-electron chi connectivity index (χ4n) is 3.58. The zero-order valence-electron chi connectivity index (χ0n) is 13.4. The van der Waals surface area contributed by atoms with Crippen molar-refractivity contribution < 1.29 is 4.79 Å². The third-order valence-corrected chi connectivity index (χ3v) is 5.18. The number of thioether (sulfide) groups is 1. The number of hydrogen-bond donors (Lipinski definition) is 0. The number of carbonyl (C=O) groups is 1. The van der Waals surface area contributed by atoms with E-state index in [1.54, 1.807) is 11.8 Å². The van der Waals surface area contributed by atoms with Gasteiger partial charge < -0.3 is 4.90 Å². The molecule has 0 unspecified atom stereocenters. The van der Waals surface area contributed by atoms with Crippen LogP contribution in [-0.2, 0) is 11.3 Å². The van der Waals surface area contributed by atoms with E-state index in [1.165, 1.54) is 0 Å². The third-order valence-electron chi connectivity index (χ3n) is 4.60. The average Bonchev–Trinajstić information content (AvgIpc) is 2.80. The molecule has 120 valence electrons. The van der Waals surface area contributed by atoms with E-state index in [4.69, 9.17) is 0 Å². The maximum Gasteiger partial charge on any atom is 0.227 e. The molecule has 0 spiro atoms. The Labute approximate surface area is 136 Å². The van der Waals surface area contributed by atoms with Crippen LogP contribution < -0.4 is 0 Å². The molecule has 3 fully saturated rings. The van der Waals surface area contributed by atoms with Gasteiger partial charge in [-0.15, -0.1) is 0 Å². The smallest absolute Gasteiger partial charge is 0.227 e. The fraction of sp³-hybridized carbons (Fsp3) is 0.688. The molecule has 2 bridgehead atoms. The molecule has 0 radical (unpaired) electrons. The van der Waals surface area contributed by atoms with Gasteiger partial charge in [0.05, 0.1) is 5.92 Å². The molecule has 1 aromatic heterocycles. The lowest BCUT2D eigenvalue weighted by Crippen LogP contribution is -2.48. The number of nitrogens with zero attached hydrogens (tertiary/aromatic N) is 4. The number of aromatic nitrogens is 2. The first kappa shape index (κ1) is 15.7. The van der Waals surface area contributed by atoms with E-state index < -0.39 is 0 Å². The Kier molecular flexibility index (Phi) is 4.98. The van der Waals surface area contributed by atoms with Crippen molar-refractivity contribution in [3.05, 3.63) is 18.0 Å². The van der Waals surface area contributed by atoms with Crippen LogP contribution in [0.4, 0.5) is 0 Å². The molecule has 3 aliphatic rings. The second-order valence-electron chi connectivity index (χ2n) is 6.23. The molecule has 0 saturated carbocycles. The minimum absolute atomic E-state index is 0.177. The summed E-state index contributed by atoms with van der Waals surface area (Å²) in [7, 11) is 0. The highest BCUT2D eigenvalue weighted by molar-refractivity contribution is 7.98. The highest BCUT2D eigenvalue weighted by atomic mass is 32.2. The Morgan fingerprint density at radius 1 is 1.27 bits per heavy atom. The van der Waals surface area contributed by atoms with Crippen molar-refractivity contribution >= 4 is 17.7 Å². The lowest BCUT2D eigenvalue weighted by atomic mass is 9.94. The van der Waals surface area contributed by atoms with Crippen molar-refractivity contribution in [2.24, 2.45) is 5.92 Å². The van der Waals surface area contributed by atoms with Gasteiger partial charge in [0.2, 0.25) is 5.91 Å². The number of carbonyl (C=O) groups excluding carboxylic acids is 1. The second-order valence-corrected chi connectivity index (χ2v) is 7.01. The van der Waals surface area contributed by atoms with Crippen molar-refractivity contribution in [2.75, 3.05) is 25.9 Å². The van der Waals surface area contributed by atoms with Crippen LogP contribution in [0.25, 0.3) is 0 Å². The first-order valence-corrected chi connectivity index (χ1v) is 9.31. The SMILES string of the molecule is CCCN1C(=O)[C@@H]2CC[C@H]1CN(Cc1cnc(SC)nc1)C2. The molecule has 0 N–H and O–H groups in total. The monoisotopic (exact) mass is 320 g/mol. The Balaban J connectivity index is 1.69. The van der Waals surface area contributed by atoms with Gasteiger partial charge in [0, 0.05) is 50.2 Å².